The maximum absolute atomic E-state index is 12.0. The second-order valence-corrected chi connectivity index (χ2v) is 19.3. The summed E-state index contributed by atoms with van der Waals surface area (Å²) in [4.78, 5) is 12.0. The smallest absolute Gasteiger partial charge is 0.220 e. The summed E-state index contributed by atoms with van der Waals surface area (Å²) in [6.45, 7) is 1.94. The molecule has 0 aliphatic heterocycles. The third kappa shape index (κ3) is 30.1. The van der Waals surface area contributed by atoms with E-state index in [1.165, 1.54) is 186 Å². The lowest BCUT2D eigenvalue weighted by molar-refractivity contribution is -0.173. The number of nitrogens with one attached hydrogen (secondary N) is 1. The number of primary amides is 1. The minimum absolute atomic E-state index is 0.0502. The van der Waals surface area contributed by atoms with Crippen molar-refractivity contribution in [2.75, 3.05) is 13.2 Å². The highest BCUT2D eigenvalue weighted by molar-refractivity contribution is 5.76. The molecule has 0 aromatic heterocycles. The summed E-state index contributed by atoms with van der Waals surface area (Å²) >= 11 is 0. The fourth-order valence-corrected chi connectivity index (χ4v) is 9.52. The van der Waals surface area contributed by atoms with Crippen LogP contribution in [0.5, 0.6) is 0 Å². The van der Waals surface area contributed by atoms with E-state index in [-0.39, 0.29) is 24.8 Å². The van der Waals surface area contributed by atoms with Crippen molar-refractivity contribution in [3.05, 3.63) is 0 Å². The van der Waals surface area contributed by atoms with Gasteiger partial charge in [0, 0.05) is 11.8 Å². The van der Waals surface area contributed by atoms with E-state index in [1.54, 1.807) is 0 Å². The van der Waals surface area contributed by atoms with Crippen molar-refractivity contribution in [1.29, 1.82) is 0 Å². The quantitative estimate of drug-likeness (QED) is 0.0268. The summed E-state index contributed by atoms with van der Waals surface area (Å²) in [5, 5.41) is 73.7. The van der Waals surface area contributed by atoms with E-state index < -0.39 is 55.2 Å². The van der Waals surface area contributed by atoms with Crippen LogP contribution in [-0.2, 0) is 4.79 Å². The summed E-state index contributed by atoms with van der Waals surface area (Å²) in [6, 6.07) is -0.963. The average molecular weight is 871 g/mol. The molecule has 10 nitrogen and oxygen atoms in total. The van der Waals surface area contributed by atoms with Gasteiger partial charge in [0.1, 0.15) is 12.2 Å². The number of aliphatic hydroxyl groups is 7. The summed E-state index contributed by atoms with van der Waals surface area (Å²) in [6.07, 6.45) is 39.7. The zero-order valence-electron chi connectivity index (χ0n) is 39.6. The monoisotopic (exact) mass is 871 g/mol. The van der Waals surface area contributed by atoms with E-state index >= 15 is 0 Å². The van der Waals surface area contributed by atoms with Gasteiger partial charge in [0.25, 0.3) is 0 Å². The van der Waals surface area contributed by atoms with Crippen molar-refractivity contribution in [3.8, 4) is 0 Å². The van der Waals surface area contributed by atoms with Crippen LogP contribution in [0.15, 0.2) is 0 Å². The highest BCUT2D eigenvalue weighted by atomic mass is 16.4. The third-order valence-electron chi connectivity index (χ3n) is 13.9. The molecule has 1 rings (SSSR count). The molecular weight excluding hydrogens is 769 g/mol. The first kappa shape index (κ1) is 58.2. The van der Waals surface area contributed by atoms with Gasteiger partial charge >= 0.3 is 0 Å². The first-order valence-corrected chi connectivity index (χ1v) is 26.4. The average Bonchev–Trinajstić information content (AvgIpc) is 3.25. The topological polar surface area (TPSA) is 197 Å². The number of unbranched alkanes of at least 4 members (excludes halogenated alkanes) is 32. The molecule has 364 valence electrons. The Kier molecular flexibility index (Phi) is 38.8. The maximum Gasteiger partial charge on any atom is 0.220 e. The molecular formula is C51H102N2O8. The van der Waals surface area contributed by atoms with Gasteiger partial charge in [-0.15, -0.1) is 0 Å². The highest BCUT2D eigenvalue weighted by Gasteiger charge is 2.48. The number of hydrogen-bond donors (Lipinski definition) is 9. The first-order chi connectivity index (χ1) is 29.6. The molecule has 0 saturated heterocycles. The van der Waals surface area contributed by atoms with Crippen LogP contribution in [0, 0.1) is 11.8 Å². The molecule has 1 aliphatic carbocycles. The van der Waals surface area contributed by atoms with Crippen LogP contribution in [0.4, 0.5) is 0 Å². The second-order valence-electron chi connectivity index (χ2n) is 19.3. The van der Waals surface area contributed by atoms with Gasteiger partial charge < -0.3 is 46.8 Å². The molecule has 61 heavy (non-hydrogen) atoms. The molecule has 0 spiro atoms. The summed E-state index contributed by atoms with van der Waals surface area (Å²) in [7, 11) is 0. The zero-order chi connectivity index (χ0) is 44.8. The summed E-state index contributed by atoms with van der Waals surface area (Å²) in [5.74, 6) is -1.04. The number of amides is 1. The van der Waals surface area contributed by atoms with Gasteiger partial charge in [-0.25, -0.2) is 0 Å². The molecule has 0 radical (unpaired) electrons. The van der Waals surface area contributed by atoms with Crippen molar-refractivity contribution in [2.24, 2.45) is 17.6 Å². The molecule has 10 heteroatoms. The Labute approximate surface area is 375 Å². The molecule has 1 aliphatic rings. The SMILES string of the molecule is CCCCCCCCCCCCCCCCCCCCCCCC[C@@H](CCCCCCCCCCCCCCC(O)C(O)CCN[C@@H]1[C@H](O)[C@@H](O)[C@@H](O)[C@@H](CO)[C@H]1O)C(N)=O. The Morgan fingerprint density at radius 2 is 0.754 bits per heavy atom. The van der Waals surface area contributed by atoms with Gasteiger partial charge in [-0.2, -0.15) is 0 Å². The van der Waals surface area contributed by atoms with Crippen LogP contribution < -0.4 is 11.1 Å². The van der Waals surface area contributed by atoms with Gasteiger partial charge in [-0.1, -0.05) is 225 Å². The lowest BCUT2D eigenvalue weighted by atomic mass is 9.77. The number of nitrogens with two attached hydrogens (primary N) is 1. The molecule has 2 unspecified atom stereocenters. The van der Waals surface area contributed by atoms with Crippen LogP contribution in [0.25, 0.3) is 0 Å². The van der Waals surface area contributed by atoms with Gasteiger partial charge in [0.05, 0.1) is 37.1 Å². The summed E-state index contributed by atoms with van der Waals surface area (Å²) < 4.78 is 0. The van der Waals surface area contributed by atoms with Crippen LogP contribution in [0.2, 0.25) is 0 Å². The molecule has 0 heterocycles. The molecule has 1 fully saturated rings. The minimum atomic E-state index is -1.50. The lowest BCUT2D eigenvalue weighted by Crippen LogP contribution is -2.66. The van der Waals surface area contributed by atoms with Crippen LogP contribution in [0.3, 0.4) is 0 Å². The Bertz CT molecular complexity index is 961. The Morgan fingerprint density at radius 3 is 1.08 bits per heavy atom. The fourth-order valence-electron chi connectivity index (χ4n) is 9.52. The van der Waals surface area contributed by atoms with Crippen molar-refractivity contribution in [2.45, 2.75) is 294 Å². The molecule has 0 bridgehead atoms. The van der Waals surface area contributed by atoms with Gasteiger partial charge in [-0.05, 0) is 32.2 Å². The van der Waals surface area contributed by atoms with E-state index in [0.29, 0.717) is 6.42 Å². The zero-order valence-corrected chi connectivity index (χ0v) is 39.6. The number of hydrogen-bond acceptors (Lipinski definition) is 9. The number of aliphatic hydroxyl groups excluding tert-OH is 7. The molecule has 10 N–H and O–H groups in total. The standard InChI is InChI=1S/C51H102N2O8/c1-2-3-4-5-6-7-8-9-10-11-12-13-14-15-16-17-18-21-24-27-30-33-36-42(51(52)61)37-34-31-28-25-22-19-20-23-26-29-32-35-38-44(55)45(56)39-40-53-46-47(57)43(41-54)48(58)50(60)49(46)59/h42-50,53-60H,2-41H2,1H3,(H2,52,61)/t42-,43-,44?,45?,46-,47+,48-,49-,50-/m0/s1. The molecule has 1 amide bonds. The van der Waals surface area contributed by atoms with Crippen molar-refractivity contribution in [1.82, 2.24) is 5.32 Å². The van der Waals surface area contributed by atoms with Crippen molar-refractivity contribution in [3.63, 3.8) is 0 Å². The first-order valence-electron chi connectivity index (χ1n) is 26.4. The predicted octanol–water partition coefficient (Wildman–Crippen LogP) is 9.68. The Morgan fingerprint density at radius 1 is 0.443 bits per heavy atom. The third-order valence-corrected chi connectivity index (χ3v) is 13.9. The predicted molar refractivity (Wildman–Crippen MR) is 252 cm³/mol. The van der Waals surface area contributed by atoms with Crippen molar-refractivity contribution >= 4 is 5.91 Å². The fraction of sp³-hybridized carbons (Fsp3) is 0.980. The van der Waals surface area contributed by atoms with Gasteiger partial charge in [-0.3, -0.25) is 4.79 Å². The second kappa shape index (κ2) is 40.6. The van der Waals surface area contributed by atoms with E-state index in [4.69, 9.17) is 5.73 Å². The number of rotatable bonds is 45. The van der Waals surface area contributed by atoms with E-state index in [0.717, 1.165) is 44.9 Å². The van der Waals surface area contributed by atoms with Crippen LogP contribution in [-0.4, -0.2) is 97.5 Å². The van der Waals surface area contributed by atoms with Crippen LogP contribution in [0.1, 0.15) is 251 Å². The lowest BCUT2D eigenvalue weighted by Gasteiger charge is -2.44. The molecule has 1 saturated carbocycles. The molecule has 0 aromatic carbocycles. The van der Waals surface area contributed by atoms with Crippen LogP contribution >= 0.6 is 0 Å². The largest absolute Gasteiger partial charge is 0.396 e. The van der Waals surface area contributed by atoms with E-state index in [2.05, 4.69) is 12.2 Å². The number of carbonyl (C=O) groups excluding carboxylic acids is 1. The number of carbonyl (C=O) groups is 1. The molecule has 0 aromatic rings. The van der Waals surface area contributed by atoms with Gasteiger partial charge in [0.15, 0.2) is 0 Å². The van der Waals surface area contributed by atoms with E-state index in [1.807, 2.05) is 0 Å². The summed E-state index contributed by atoms with van der Waals surface area (Å²) in [5.41, 5.74) is 5.77. The van der Waals surface area contributed by atoms with E-state index in [9.17, 15) is 40.5 Å². The molecule has 9 atom stereocenters. The maximum atomic E-state index is 12.0. The Balaban J connectivity index is 1.87. The van der Waals surface area contributed by atoms with Gasteiger partial charge in [0.2, 0.25) is 5.91 Å². The minimum Gasteiger partial charge on any atom is -0.396 e. The van der Waals surface area contributed by atoms with Crippen molar-refractivity contribution < 1.29 is 40.5 Å². The normalized spacial score (nSPS) is 22.1. The highest BCUT2D eigenvalue weighted by Crippen LogP contribution is 2.27. The Hall–Kier alpha value is -0.850.